The minimum absolute atomic E-state index is 0.197. The van der Waals surface area contributed by atoms with Crippen molar-refractivity contribution in [3.63, 3.8) is 0 Å². The molecule has 0 spiro atoms. The van der Waals surface area contributed by atoms with Gasteiger partial charge < -0.3 is 10.1 Å². The quantitative estimate of drug-likeness (QED) is 0.790. The van der Waals surface area contributed by atoms with Crippen LogP contribution < -0.4 is 5.32 Å². The SMILES string of the molecule is CCOC(=O)C(CNCc1ccc(Cl)cc1)c1ccccc1. The van der Waals surface area contributed by atoms with E-state index >= 15 is 0 Å². The number of esters is 1. The standard InChI is InChI=1S/C18H20ClNO2/c1-2-22-18(21)17(15-6-4-3-5-7-15)13-20-12-14-8-10-16(19)11-9-14/h3-11,17,20H,2,12-13H2,1H3. The third kappa shape index (κ3) is 4.86. The molecule has 1 N–H and O–H groups in total. The predicted octanol–water partition coefficient (Wildman–Crippen LogP) is 3.78. The number of ether oxygens (including phenoxy) is 1. The van der Waals surface area contributed by atoms with Gasteiger partial charge in [0.1, 0.15) is 0 Å². The highest BCUT2D eigenvalue weighted by Crippen LogP contribution is 2.17. The zero-order valence-electron chi connectivity index (χ0n) is 12.6. The molecule has 4 heteroatoms. The van der Waals surface area contributed by atoms with Crippen molar-refractivity contribution < 1.29 is 9.53 Å². The first kappa shape index (κ1) is 16.5. The molecule has 22 heavy (non-hydrogen) atoms. The van der Waals surface area contributed by atoms with Gasteiger partial charge in [0, 0.05) is 18.1 Å². The predicted molar refractivity (Wildman–Crippen MR) is 89.0 cm³/mol. The number of rotatable bonds is 7. The average Bonchev–Trinajstić information content (AvgIpc) is 2.54. The summed E-state index contributed by atoms with van der Waals surface area (Å²) in [6, 6.07) is 17.4. The van der Waals surface area contributed by atoms with Crippen LogP contribution >= 0.6 is 11.6 Å². The van der Waals surface area contributed by atoms with E-state index in [0.717, 1.165) is 16.1 Å². The summed E-state index contributed by atoms with van der Waals surface area (Å²) in [4.78, 5) is 12.2. The van der Waals surface area contributed by atoms with Crippen molar-refractivity contribution in [2.24, 2.45) is 0 Å². The van der Waals surface area contributed by atoms with E-state index < -0.39 is 0 Å². The molecule has 2 aromatic carbocycles. The lowest BCUT2D eigenvalue weighted by Crippen LogP contribution is -2.28. The molecule has 0 aliphatic rings. The normalized spacial score (nSPS) is 11.9. The summed E-state index contributed by atoms with van der Waals surface area (Å²) in [5.41, 5.74) is 2.09. The fourth-order valence-corrected chi connectivity index (χ4v) is 2.35. The molecule has 0 saturated heterocycles. The van der Waals surface area contributed by atoms with Crippen LogP contribution in [0.15, 0.2) is 54.6 Å². The number of hydrogen-bond donors (Lipinski definition) is 1. The molecular weight excluding hydrogens is 298 g/mol. The molecule has 0 saturated carbocycles. The van der Waals surface area contributed by atoms with E-state index in [1.807, 2.05) is 61.5 Å². The number of hydrogen-bond acceptors (Lipinski definition) is 3. The first-order chi connectivity index (χ1) is 10.7. The average molecular weight is 318 g/mol. The maximum atomic E-state index is 12.2. The van der Waals surface area contributed by atoms with Gasteiger partial charge in [-0.05, 0) is 30.2 Å². The minimum Gasteiger partial charge on any atom is -0.465 e. The van der Waals surface area contributed by atoms with Gasteiger partial charge in [-0.1, -0.05) is 54.1 Å². The van der Waals surface area contributed by atoms with Crippen LogP contribution in [0.1, 0.15) is 24.0 Å². The Morgan fingerprint density at radius 1 is 1.14 bits per heavy atom. The lowest BCUT2D eigenvalue weighted by molar-refractivity contribution is -0.144. The van der Waals surface area contributed by atoms with Crippen LogP contribution in [0, 0.1) is 0 Å². The fraction of sp³-hybridized carbons (Fsp3) is 0.278. The molecular formula is C18H20ClNO2. The van der Waals surface area contributed by atoms with Crippen molar-refractivity contribution in [2.45, 2.75) is 19.4 Å². The fourth-order valence-electron chi connectivity index (χ4n) is 2.23. The minimum atomic E-state index is -0.298. The Labute approximate surface area is 136 Å². The maximum Gasteiger partial charge on any atom is 0.314 e. The molecule has 2 rings (SSSR count). The van der Waals surface area contributed by atoms with Crippen molar-refractivity contribution in [2.75, 3.05) is 13.2 Å². The smallest absolute Gasteiger partial charge is 0.314 e. The van der Waals surface area contributed by atoms with Gasteiger partial charge in [-0.15, -0.1) is 0 Å². The van der Waals surface area contributed by atoms with Gasteiger partial charge in [-0.25, -0.2) is 0 Å². The third-order valence-electron chi connectivity index (χ3n) is 3.36. The number of carbonyl (C=O) groups excluding carboxylic acids is 1. The lowest BCUT2D eigenvalue weighted by atomic mass is 9.99. The highest BCUT2D eigenvalue weighted by molar-refractivity contribution is 6.30. The second kappa shape index (κ2) is 8.57. The summed E-state index contributed by atoms with van der Waals surface area (Å²) in [7, 11) is 0. The summed E-state index contributed by atoms with van der Waals surface area (Å²) < 4.78 is 5.18. The Morgan fingerprint density at radius 3 is 2.45 bits per heavy atom. The Morgan fingerprint density at radius 2 is 1.82 bits per heavy atom. The first-order valence-corrected chi connectivity index (χ1v) is 7.75. The summed E-state index contributed by atoms with van der Waals surface area (Å²) in [5, 5.41) is 4.03. The molecule has 0 radical (unpaired) electrons. The maximum absolute atomic E-state index is 12.2. The second-order valence-corrected chi connectivity index (χ2v) is 5.41. The molecule has 0 aliphatic heterocycles. The number of halogens is 1. The zero-order chi connectivity index (χ0) is 15.8. The van der Waals surface area contributed by atoms with Crippen molar-refractivity contribution in [3.8, 4) is 0 Å². The van der Waals surface area contributed by atoms with E-state index in [2.05, 4.69) is 5.32 Å². The molecule has 116 valence electrons. The summed E-state index contributed by atoms with van der Waals surface area (Å²) in [5.74, 6) is -0.495. The molecule has 1 unspecified atom stereocenters. The molecule has 0 aromatic heterocycles. The van der Waals surface area contributed by atoms with Gasteiger partial charge in [0.2, 0.25) is 0 Å². The number of benzene rings is 2. The van der Waals surface area contributed by atoms with E-state index in [0.29, 0.717) is 19.7 Å². The van der Waals surface area contributed by atoms with E-state index in [1.165, 1.54) is 0 Å². The van der Waals surface area contributed by atoms with E-state index in [-0.39, 0.29) is 11.9 Å². The number of nitrogens with one attached hydrogen (secondary N) is 1. The van der Waals surface area contributed by atoms with Crippen LogP contribution in [0.4, 0.5) is 0 Å². The van der Waals surface area contributed by atoms with Gasteiger partial charge in [-0.2, -0.15) is 0 Å². The molecule has 3 nitrogen and oxygen atoms in total. The molecule has 0 heterocycles. The largest absolute Gasteiger partial charge is 0.465 e. The molecule has 2 aromatic rings. The van der Waals surface area contributed by atoms with Gasteiger partial charge in [0.15, 0.2) is 0 Å². The summed E-state index contributed by atoms with van der Waals surface area (Å²) in [6.07, 6.45) is 0. The van der Waals surface area contributed by atoms with Gasteiger partial charge in [0.25, 0.3) is 0 Å². The van der Waals surface area contributed by atoms with Crippen molar-refractivity contribution >= 4 is 17.6 Å². The zero-order valence-corrected chi connectivity index (χ0v) is 13.3. The Bertz CT molecular complexity index is 584. The summed E-state index contributed by atoms with van der Waals surface area (Å²) in [6.45, 7) is 3.42. The lowest BCUT2D eigenvalue weighted by Gasteiger charge is -2.17. The van der Waals surface area contributed by atoms with Gasteiger partial charge in [0.05, 0.1) is 12.5 Å². The molecule has 0 aliphatic carbocycles. The van der Waals surface area contributed by atoms with Gasteiger partial charge in [-0.3, -0.25) is 4.79 Å². The van der Waals surface area contributed by atoms with Crippen LogP contribution in [0.2, 0.25) is 5.02 Å². The topological polar surface area (TPSA) is 38.3 Å². The van der Waals surface area contributed by atoms with E-state index in [1.54, 1.807) is 0 Å². The van der Waals surface area contributed by atoms with Crippen molar-refractivity contribution in [1.29, 1.82) is 0 Å². The third-order valence-corrected chi connectivity index (χ3v) is 3.62. The van der Waals surface area contributed by atoms with E-state index in [4.69, 9.17) is 16.3 Å². The highest BCUT2D eigenvalue weighted by Gasteiger charge is 2.21. The molecule has 1 atom stereocenters. The Kier molecular flexibility index (Phi) is 6.44. The second-order valence-electron chi connectivity index (χ2n) is 4.97. The Hall–Kier alpha value is -1.84. The van der Waals surface area contributed by atoms with Crippen LogP contribution in [0.3, 0.4) is 0 Å². The monoisotopic (exact) mass is 317 g/mol. The van der Waals surface area contributed by atoms with Crippen LogP contribution in [0.25, 0.3) is 0 Å². The van der Waals surface area contributed by atoms with Crippen molar-refractivity contribution in [1.82, 2.24) is 5.32 Å². The first-order valence-electron chi connectivity index (χ1n) is 7.37. The van der Waals surface area contributed by atoms with Gasteiger partial charge >= 0.3 is 5.97 Å². The van der Waals surface area contributed by atoms with Crippen LogP contribution in [-0.4, -0.2) is 19.1 Å². The molecule has 0 fully saturated rings. The molecule has 0 bridgehead atoms. The Balaban J connectivity index is 1.97. The van der Waals surface area contributed by atoms with Crippen LogP contribution in [-0.2, 0) is 16.1 Å². The highest BCUT2D eigenvalue weighted by atomic mass is 35.5. The molecule has 0 amide bonds. The van der Waals surface area contributed by atoms with Crippen LogP contribution in [0.5, 0.6) is 0 Å². The number of carbonyl (C=O) groups is 1. The van der Waals surface area contributed by atoms with E-state index in [9.17, 15) is 4.79 Å². The summed E-state index contributed by atoms with van der Waals surface area (Å²) >= 11 is 5.87. The van der Waals surface area contributed by atoms with Crippen molar-refractivity contribution in [3.05, 3.63) is 70.7 Å².